The van der Waals surface area contributed by atoms with Crippen molar-refractivity contribution in [1.82, 2.24) is 5.32 Å². The van der Waals surface area contributed by atoms with Crippen LogP contribution in [0.2, 0.25) is 0 Å². The lowest BCUT2D eigenvalue weighted by Crippen LogP contribution is -2.35. The molecule has 1 rings (SSSR count). The molecule has 0 bridgehead atoms. The van der Waals surface area contributed by atoms with Gasteiger partial charge in [0.2, 0.25) is 0 Å². The molecule has 1 aliphatic carbocycles. The van der Waals surface area contributed by atoms with Crippen LogP contribution in [-0.4, -0.2) is 12.6 Å². The Labute approximate surface area is 109 Å². The number of hydrogen-bond donors (Lipinski definition) is 1. The summed E-state index contributed by atoms with van der Waals surface area (Å²) < 4.78 is 0. The van der Waals surface area contributed by atoms with Crippen LogP contribution in [0.1, 0.15) is 67.7 Å². The van der Waals surface area contributed by atoms with Crippen molar-refractivity contribution in [2.75, 3.05) is 6.54 Å². The van der Waals surface area contributed by atoms with Crippen molar-refractivity contribution in [1.29, 1.82) is 0 Å². The van der Waals surface area contributed by atoms with Gasteiger partial charge in [-0.05, 0) is 35.6 Å². The maximum Gasteiger partial charge on any atom is 0.0108 e. The lowest BCUT2D eigenvalue weighted by atomic mass is 9.90. The van der Waals surface area contributed by atoms with E-state index in [1.165, 1.54) is 19.3 Å². The molecule has 1 heteroatoms. The summed E-state index contributed by atoms with van der Waals surface area (Å²) in [5.41, 5.74) is 1.01. The zero-order valence-corrected chi connectivity index (χ0v) is 13.1. The van der Waals surface area contributed by atoms with Gasteiger partial charge >= 0.3 is 0 Å². The Balaban J connectivity index is 2.68. The highest BCUT2D eigenvalue weighted by Crippen LogP contribution is 2.70. The summed E-state index contributed by atoms with van der Waals surface area (Å²) >= 11 is 0. The predicted molar refractivity (Wildman–Crippen MR) is 77.2 cm³/mol. The van der Waals surface area contributed by atoms with Gasteiger partial charge in [0.1, 0.15) is 0 Å². The summed E-state index contributed by atoms with van der Waals surface area (Å²) in [7, 11) is 0. The molecule has 1 saturated carbocycles. The Morgan fingerprint density at radius 2 is 1.41 bits per heavy atom. The average molecular weight is 239 g/mol. The average Bonchev–Trinajstić information content (AvgIpc) is 2.65. The van der Waals surface area contributed by atoms with Crippen LogP contribution in [0.15, 0.2) is 0 Å². The second-order valence-corrected chi connectivity index (χ2v) is 7.00. The van der Waals surface area contributed by atoms with Gasteiger partial charge in [-0.25, -0.2) is 0 Å². The molecule has 0 saturated heterocycles. The van der Waals surface area contributed by atoms with Crippen LogP contribution in [0.25, 0.3) is 0 Å². The highest BCUT2D eigenvalue weighted by molar-refractivity contribution is 5.16. The Kier molecular flexibility index (Phi) is 4.68. The van der Waals surface area contributed by atoms with Gasteiger partial charge in [0.05, 0.1) is 0 Å². The Morgan fingerprint density at radius 1 is 0.941 bits per heavy atom. The minimum atomic E-state index is 0.506. The molecular formula is C16H33N. The summed E-state index contributed by atoms with van der Waals surface area (Å²) in [6, 6.07) is 0.718. The minimum absolute atomic E-state index is 0.506. The van der Waals surface area contributed by atoms with Gasteiger partial charge in [0, 0.05) is 6.04 Å². The molecule has 17 heavy (non-hydrogen) atoms. The summed E-state index contributed by atoms with van der Waals surface area (Å²) in [6.07, 6.45) is 4.01. The van der Waals surface area contributed by atoms with E-state index in [1.807, 2.05) is 0 Å². The van der Waals surface area contributed by atoms with Crippen molar-refractivity contribution < 1.29 is 0 Å². The molecule has 1 atom stereocenters. The molecule has 1 aliphatic rings. The molecule has 0 radical (unpaired) electrons. The third-order valence-corrected chi connectivity index (χ3v) is 5.74. The maximum absolute atomic E-state index is 3.75. The van der Waals surface area contributed by atoms with Gasteiger partial charge < -0.3 is 5.32 Å². The fraction of sp³-hybridized carbons (Fsp3) is 1.00. The van der Waals surface area contributed by atoms with Crippen LogP contribution in [-0.2, 0) is 0 Å². The number of nitrogens with one attached hydrogen (secondary N) is 1. The second kappa shape index (κ2) is 5.30. The first-order chi connectivity index (χ1) is 7.82. The molecular weight excluding hydrogens is 206 g/mol. The van der Waals surface area contributed by atoms with Crippen molar-refractivity contribution in [2.24, 2.45) is 22.7 Å². The zero-order chi connectivity index (χ0) is 13.3. The summed E-state index contributed by atoms with van der Waals surface area (Å²) in [5, 5.41) is 3.75. The minimum Gasteiger partial charge on any atom is -0.314 e. The molecule has 0 aromatic rings. The van der Waals surface area contributed by atoms with E-state index in [-0.39, 0.29) is 0 Å². The quantitative estimate of drug-likeness (QED) is 0.691. The van der Waals surface area contributed by atoms with Crippen molar-refractivity contribution in [3.8, 4) is 0 Å². The Bertz CT molecular complexity index is 224. The van der Waals surface area contributed by atoms with Crippen LogP contribution in [0.3, 0.4) is 0 Å². The van der Waals surface area contributed by atoms with E-state index in [4.69, 9.17) is 0 Å². The summed E-state index contributed by atoms with van der Waals surface area (Å²) in [5.74, 6) is 1.74. The van der Waals surface area contributed by atoms with E-state index in [1.54, 1.807) is 0 Å². The van der Waals surface area contributed by atoms with E-state index in [2.05, 4.69) is 53.8 Å². The van der Waals surface area contributed by atoms with Crippen molar-refractivity contribution in [3.63, 3.8) is 0 Å². The van der Waals surface area contributed by atoms with Crippen molar-refractivity contribution in [2.45, 2.75) is 73.8 Å². The second-order valence-electron chi connectivity index (χ2n) is 7.00. The third kappa shape index (κ3) is 2.70. The van der Waals surface area contributed by atoms with Crippen molar-refractivity contribution in [3.05, 3.63) is 0 Å². The highest BCUT2D eigenvalue weighted by atomic mass is 15.0. The van der Waals surface area contributed by atoms with Crippen LogP contribution in [0.5, 0.6) is 0 Å². The van der Waals surface area contributed by atoms with Gasteiger partial charge in [-0.3, -0.25) is 0 Å². The van der Waals surface area contributed by atoms with Gasteiger partial charge in [-0.1, -0.05) is 61.3 Å². The lowest BCUT2D eigenvalue weighted by Gasteiger charge is -2.24. The topological polar surface area (TPSA) is 12.0 Å². The third-order valence-electron chi connectivity index (χ3n) is 5.74. The van der Waals surface area contributed by atoms with Gasteiger partial charge in [-0.2, -0.15) is 0 Å². The van der Waals surface area contributed by atoms with Crippen LogP contribution in [0, 0.1) is 22.7 Å². The first kappa shape index (κ1) is 15.0. The number of hydrogen-bond acceptors (Lipinski definition) is 1. The highest BCUT2D eigenvalue weighted by Gasteiger charge is 2.66. The van der Waals surface area contributed by atoms with Crippen LogP contribution < -0.4 is 5.32 Å². The van der Waals surface area contributed by atoms with Crippen molar-refractivity contribution >= 4 is 0 Å². The Hall–Kier alpha value is -0.0400. The van der Waals surface area contributed by atoms with Crippen LogP contribution in [0.4, 0.5) is 0 Å². The molecule has 1 nitrogen and oxygen atoms in total. The normalized spacial score (nSPS) is 24.0. The lowest BCUT2D eigenvalue weighted by molar-refractivity contribution is 0.312. The SMILES string of the molecule is CCNC(CC(CC)CC)C1C(C)(C)C1(C)C. The zero-order valence-electron chi connectivity index (χ0n) is 13.1. The molecule has 0 aromatic heterocycles. The van der Waals surface area contributed by atoms with Gasteiger partial charge in [0.15, 0.2) is 0 Å². The fourth-order valence-electron chi connectivity index (χ4n) is 3.83. The smallest absolute Gasteiger partial charge is 0.0108 e. The standard InChI is InChI=1S/C16H33N/c1-8-12(9-2)11-13(17-10-3)14-15(4,5)16(14,6)7/h12-14,17H,8-11H2,1-7H3. The Morgan fingerprint density at radius 3 is 1.71 bits per heavy atom. The first-order valence-corrected chi connectivity index (χ1v) is 7.56. The number of rotatable bonds is 7. The monoisotopic (exact) mass is 239 g/mol. The largest absolute Gasteiger partial charge is 0.314 e. The van der Waals surface area contributed by atoms with Crippen LogP contribution >= 0.6 is 0 Å². The fourth-order valence-corrected chi connectivity index (χ4v) is 3.83. The van der Waals surface area contributed by atoms with E-state index in [0.717, 1.165) is 24.4 Å². The molecule has 0 heterocycles. The van der Waals surface area contributed by atoms with E-state index in [0.29, 0.717) is 10.8 Å². The molecule has 1 fully saturated rings. The molecule has 0 aromatic carbocycles. The molecule has 0 amide bonds. The van der Waals surface area contributed by atoms with E-state index < -0.39 is 0 Å². The summed E-state index contributed by atoms with van der Waals surface area (Å²) in [4.78, 5) is 0. The molecule has 102 valence electrons. The summed E-state index contributed by atoms with van der Waals surface area (Å²) in [6.45, 7) is 17.8. The first-order valence-electron chi connectivity index (χ1n) is 7.56. The van der Waals surface area contributed by atoms with Gasteiger partial charge in [0.25, 0.3) is 0 Å². The molecule has 1 unspecified atom stereocenters. The van der Waals surface area contributed by atoms with E-state index in [9.17, 15) is 0 Å². The molecule has 0 spiro atoms. The predicted octanol–water partition coefficient (Wildman–Crippen LogP) is 4.47. The van der Waals surface area contributed by atoms with Gasteiger partial charge in [-0.15, -0.1) is 0 Å². The maximum atomic E-state index is 3.75. The van der Waals surface area contributed by atoms with E-state index >= 15 is 0 Å². The molecule has 1 N–H and O–H groups in total. The molecule has 0 aliphatic heterocycles.